The molecule has 0 radical (unpaired) electrons. The van der Waals surface area contributed by atoms with Crippen LogP contribution in [0, 0.1) is 0 Å². The summed E-state index contributed by atoms with van der Waals surface area (Å²) in [7, 11) is 3.65. The van der Waals surface area contributed by atoms with E-state index in [1.807, 2.05) is 29.9 Å². The number of hydrogen-bond acceptors (Lipinski definition) is 4. The van der Waals surface area contributed by atoms with Crippen molar-refractivity contribution in [2.45, 2.75) is 19.6 Å². The Morgan fingerprint density at radius 2 is 1.88 bits per heavy atom. The molecular weight excluding hydrogens is 304 g/mol. The molecular formula is C17H20N6O. The smallest absolute Gasteiger partial charge is 0.290 e. The lowest BCUT2D eigenvalue weighted by Gasteiger charge is -2.26. The molecule has 0 saturated heterocycles. The third kappa shape index (κ3) is 2.56. The average Bonchev–Trinajstić information content (AvgIpc) is 3.08. The molecule has 1 aliphatic heterocycles. The van der Waals surface area contributed by atoms with E-state index in [-0.39, 0.29) is 5.69 Å². The number of rotatable bonds is 3. The first-order valence-electron chi connectivity index (χ1n) is 8.05. The molecule has 0 fully saturated rings. The van der Waals surface area contributed by atoms with Crippen LogP contribution in [0.1, 0.15) is 11.4 Å². The zero-order valence-electron chi connectivity index (χ0n) is 13.9. The van der Waals surface area contributed by atoms with Gasteiger partial charge in [-0.3, -0.25) is 14.1 Å². The summed E-state index contributed by atoms with van der Waals surface area (Å²) in [5.74, 6) is 0.832. The Labute approximate surface area is 139 Å². The van der Waals surface area contributed by atoms with Gasteiger partial charge in [0.25, 0.3) is 0 Å². The number of nitrogens with zero attached hydrogens (tertiary/aromatic N) is 6. The van der Waals surface area contributed by atoms with Crippen molar-refractivity contribution in [3.8, 4) is 11.3 Å². The molecule has 0 aliphatic carbocycles. The Balaban J connectivity index is 1.60. The maximum Gasteiger partial charge on any atom is 0.345 e. The van der Waals surface area contributed by atoms with Gasteiger partial charge >= 0.3 is 5.69 Å². The lowest BCUT2D eigenvalue weighted by molar-refractivity contribution is 0.207. The molecule has 7 nitrogen and oxygen atoms in total. The highest BCUT2D eigenvalue weighted by Gasteiger charge is 2.22. The molecule has 0 spiro atoms. The molecule has 1 aromatic carbocycles. The molecule has 0 N–H and O–H groups in total. The summed E-state index contributed by atoms with van der Waals surface area (Å²) >= 11 is 0. The van der Waals surface area contributed by atoms with Gasteiger partial charge in [0.05, 0.1) is 12.2 Å². The minimum Gasteiger partial charge on any atom is -0.290 e. The van der Waals surface area contributed by atoms with Crippen molar-refractivity contribution < 1.29 is 0 Å². The standard InChI is InChI=1S/C17H20N6O/c1-20-10-14(16(19-20)13-6-4-3-5-7-13)11-22-8-9-23-15(12-22)18-21(2)17(23)24/h3-7,10H,8-9,11-12H2,1-2H3. The molecule has 24 heavy (non-hydrogen) atoms. The van der Waals surface area contributed by atoms with Gasteiger partial charge in [-0.05, 0) is 0 Å². The quantitative estimate of drug-likeness (QED) is 0.721. The second-order valence-corrected chi connectivity index (χ2v) is 6.23. The van der Waals surface area contributed by atoms with E-state index in [4.69, 9.17) is 0 Å². The van der Waals surface area contributed by atoms with Crippen molar-refractivity contribution >= 4 is 0 Å². The second-order valence-electron chi connectivity index (χ2n) is 6.23. The van der Waals surface area contributed by atoms with Crippen LogP contribution >= 0.6 is 0 Å². The zero-order chi connectivity index (χ0) is 16.7. The largest absolute Gasteiger partial charge is 0.345 e. The molecule has 0 saturated carbocycles. The minimum absolute atomic E-state index is 0.0315. The van der Waals surface area contributed by atoms with Gasteiger partial charge < -0.3 is 0 Å². The van der Waals surface area contributed by atoms with Gasteiger partial charge in [-0.25, -0.2) is 9.48 Å². The minimum atomic E-state index is -0.0315. The Hall–Kier alpha value is -2.67. The van der Waals surface area contributed by atoms with Gasteiger partial charge in [0.1, 0.15) is 5.82 Å². The highest BCUT2D eigenvalue weighted by molar-refractivity contribution is 5.62. The van der Waals surface area contributed by atoms with Crippen molar-refractivity contribution in [2.24, 2.45) is 14.1 Å². The second kappa shape index (κ2) is 5.76. The van der Waals surface area contributed by atoms with Crippen LogP contribution in [0.3, 0.4) is 0 Å². The third-order valence-electron chi connectivity index (χ3n) is 4.44. The normalized spacial score (nSPS) is 14.8. The van der Waals surface area contributed by atoms with Crippen LogP contribution in [0.15, 0.2) is 41.3 Å². The maximum atomic E-state index is 12.0. The van der Waals surface area contributed by atoms with Crippen molar-refractivity contribution in [3.05, 3.63) is 58.4 Å². The van der Waals surface area contributed by atoms with Gasteiger partial charge in [0.15, 0.2) is 0 Å². The molecule has 0 unspecified atom stereocenters. The molecule has 3 heterocycles. The van der Waals surface area contributed by atoms with E-state index >= 15 is 0 Å². The fraction of sp³-hybridized carbons (Fsp3) is 0.353. The molecule has 3 aromatic rings. The van der Waals surface area contributed by atoms with Crippen LogP contribution in [0.25, 0.3) is 11.3 Å². The number of benzene rings is 1. The van der Waals surface area contributed by atoms with Crippen LogP contribution in [0.2, 0.25) is 0 Å². The van der Waals surface area contributed by atoms with Crippen molar-refractivity contribution in [3.63, 3.8) is 0 Å². The van der Waals surface area contributed by atoms with E-state index < -0.39 is 0 Å². The average molecular weight is 324 g/mol. The molecule has 2 aromatic heterocycles. The van der Waals surface area contributed by atoms with Crippen molar-refractivity contribution in [1.82, 2.24) is 29.0 Å². The number of hydrogen-bond donors (Lipinski definition) is 0. The van der Waals surface area contributed by atoms with Crippen molar-refractivity contribution in [2.75, 3.05) is 6.54 Å². The summed E-state index contributed by atoms with van der Waals surface area (Å²) in [6.07, 6.45) is 2.07. The molecule has 4 rings (SSSR count). The number of fused-ring (bicyclic) bond motifs is 1. The Bertz CT molecular complexity index is 920. The van der Waals surface area contributed by atoms with Crippen LogP contribution in [-0.4, -0.2) is 35.6 Å². The molecule has 7 heteroatoms. The summed E-state index contributed by atoms with van der Waals surface area (Å²) in [4.78, 5) is 14.3. The monoisotopic (exact) mass is 324 g/mol. The first-order valence-corrected chi connectivity index (χ1v) is 8.05. The van der Waals surface area contributed by atoms with Crippen LogP contribution in [-0.2, 0) is 33.7 Å². The summed E-state index contributed by atoms with van der Waals surface area (Å²) < 4.78 is 5.04. The van der Waals surface area contributed by atoms with Gasteiger partial charge in [-0.15, -0.1) is 0 Å². The van der Waals surface area contributed by atoms with E-state index in [9.17, 15) is 4.79 Å². The Kier molecular flexibility index (Phi) is 3.57. The zero-order valence-corrected chi connectivity index (χ0v) is 13.9. The fourth-order valence-electron chi connectivity index (χ4n) is 3.29. The summed E-state index contributed by atoms with van der Waals surface area (Å²) in [6, 6.07) is 10.2. The number of aryl methyl sites for hydroxylation is 2. The molecule has 0 atom stereocenters. The predicted molar refractivity (Wildman–Crippen MR) is 90.2 cm³/mol. The summed E-state index contributed by atoms with van der Waals surface area (Å²) in [6.45, 7) is 2.99. The van der Waals surface area contributed by atoms with E-state index in [2.05, 4.69) is 33.4 Å². The maximum absolute atomic E-state index is 12.0. The molecule has 1 aliphatic rings. The molecule has 124 valence electrons. The highest BCUT2D eigenvalue weighted by Crippen LogP contribution is 2.23. The Morgan fingerprint density at radius 3 is 2.67 bits per heavy atom. The van der Waals surface area contributed by atoms with Crippen LogP contribution in [0.5, 0.6) is 0 Å². The molecule has 0 amide bonds. The number of aromatic nitrogens is 5. The summed E-state index contributed by atoms with van der Waals surface area (Å²) in [5, 5.41) is 8.96. The van der Waals surface area contributed by atoms with Crippen LogP contribution < -0.4 is 5.69 Å². The lowest BCUT2D eigenvalue weighted by atomic mass is 10.1. The molecule has 0 bridgehead atoms. The van der Waals surface area contributed by atoms with Gasteiger partial charge in [0.2, 0.25) is 0 Å². The first-order chi connectivity index (χ1) is 11.6. The van der Waals surface area contributed by atoms with E-state index in [1.54, 1.807) is 11.6 Å². The predicted octanol–water partition coefficient (Wildman–Crippen LogP) is 0.998. The lowest BCUT2D eigenvalue weighted by Crippen LogP contribution is -2.37. The summed E-state index contributed by atoms with van der Waals surface area (Å²) in [5.41, 5.74) is 3.30. The SMILES string of the molecule is Cn1cc(CN2CCn3c(nn(C)c3=O)C2)c(-c2ccccc2)n1. The van der Waals surface area contributed by atoms with E-state index in [0.29, 0.717) is 13.1 Å². The van der Waals surface area contributed by atoms with Gasteiger partial charge in [0, 0.05) is 51.1 Å². The highest BCUT2D eigenvalue weighted by atomic mass is 16.2. The van der Waals surface area contributed by atoms with Crippen molar-refractivity contribution in [1.29, 1.82) is 0 Å². The topological polar surface area (TPSA) is 60.9 Å². The third-order valence-corrected chi connectivity index (χ3v) is 4.44. The van der Waals surface area contributed by atoms with Crippen LogP contribution in [0.4, 0.5) is 0 Å². The fourth-order valence-corrected chi connectivity index (χ4v) is 3.29. The first kappa shape index (κ1) is 14.9. The van der Waals surface area contributed by atoms with Gasteiger partial charge in [-0.1, -0.05) is 30.3 Å². The van der Waals surface area contributed by atoms with E-state index in [0.717, 1.165) is 30.2 Å². The van der Waals surface area contributed by atoms with E-state index in [1.165, 1.54) is 10.2 Å². The van der Waals surface area contributed by atoms with Gasteiger partial charge in [-0.2, -0.15) is 10.2 Å². The Morgan fingerprint density at radius 1 is 1.08 bits per heavy atom.